The Morgan fingerprint density at radius 2 is 1.71 bits per heavy atom. The summed E-state index contributed by atoms with van der Waals surface area (Å²) in [5.74, 6) is 0.116. The maximum absolute atomic E-state index is 11.4. The monoisotopic (exact) mass is 234 g/mol. The predicted octanol–water partition coefficient (Wildman–Crippen LogP) is 2.28. The van der Waals surface area contributed by atoms with Crippen LogP contribution in [0.2, 0.25) is 0 Å². The van der Waals surface area contributed by atoms with Crippen molar-refractivity contribution in [3.05, 3.63) is 30.3 Å². The van der Waals surface area contributed by atoms with Gasteiger partial charge in [0.15, 0.2) is 0 Å². The molecule has 17 heavy (non-hydrogen) atoms. The molecule has 0 aliphatic rings. The Labute approximate surface area is 101 Å². The third kappa shape index (κ3) is 6.35. The van der Waals surface area contributed by atoms with Crippen LogP contribution in [-0.2, 0) is 9.59 Å². The Morgan fingerprint density at radius 1 is 1.06 bits per heavy atom. The van der Waals surface area contributed by atoms with Gasteiger partial charge < -0.3 is 4.79 Å². The number of Topliss-reactive ketones (excluding diaryl/α,β-unsaturated/α-hetero) is 1. The van der Waals surface area contributed by atoms with Gasteiger partial charge in [-0.25, -0.2) is 0 Å². The Hall–Kier alpha value is -1.84. The average Bonchev–Trinajstić information content (AvgIpc) is 2.33. The van der Waals surface area contributed by atoms with Crippen molar-refractivity contribution >= 4 is 17.4 Å². The molecule has 1 amide bonds. The highest BCUT2D eigenvalue weighted by molar-refractivity contribution is 5.77. The molecule has 0 heterocycles. The number of nitrogens with one attached hydrogen (secondary N) is 2. The predicted molar refractivity (Wildman–Crippen MR) is 67.4 cm³/mol. The SMILES string of the molecule is CC(=O)CCCCC(=O)NNc1ccccc1. The summed E-state index contributed by atoms with van der Waals surface area (Å²) in [5, 5.41) is 0. The minimum Gasteiger partial charge on any atom is -0.300 e. The molecular formula is C13H18N2O2. The van der Waals surface area contributed by atoms with Crippen LogP contribution >= 0.6 is 0 Å². The van der Waals surface area contributed by atoms with Gasteiger partial charge in [-0.3, -0.25) is 15.6 Å². The summed E-state index contributed by atoms with van der Waals surface area (Å²) in [6.07, 6.45) is 2.50. The third-order valence-corrected chi connectivity index (χ3v) is 2.30. The molecule has 0 saturated carbocycles. The molecule has 0 atom stereocenters. The molecule has 0 radical (unpaired) electrons. The molecule has 1 aromatic carbocycles. The normalized spacial score (nSPS) is 9.71. The first-order chi connectivity index (χ1) is 8.18. The van der Waals surface area contributed by atoms with Gasteiger partial charge in [0.25, 0.3) is 0 Å². The Kier molecular flexibility index (Phi) is 5.79. The first kappa shape index (κ1) is 13.2. The maximum Gasteiger partial charge on any atom is 0.238 e. The second-order valence-electron chi connectivity index (χ2n) is 3.95. The minimum absolute atomic E-state index is 0.0580. The third-order valence-electron chi connectivity index (χ3n) is 2.30. The van der Waals surface area contributed by atoms with E-state index in [1.165, 1.54) is 0 Å². The van der Waals surface area contributed by atoms with E-state index < -0.39 is 0 Å². The lowest BCUT2D eigenvalue weighted by Gasteiger charge is -2.07. The van der Waals surface area contributed by atoms with E-state index in [-0.39, 0.29) is 11.7 Å². The van der Waals surface area contributed by atoms with Crippen molar-refractivity contribution in [1.82, 2.24) is 5.43 Å². The van der Waals surface area contributed by atoms with Crippen molar-refractivity contribution in [2.75, 3.05) is 5.43 Å². The smallest absolute Gasteiger partial charge is 0.238 e. The van der Waals surface area contributed by atoms with E-state index in [0.717, 1.165) is 18.5 Å². The molecule has 1 aromatic rings. The average molecular weight is 234 g/mol. The molecular weight excluding hydrogens is 216 g/mol. The van der Waals surface area contributed by atoms with E-state index in [4.69, 9.17) is 0 Å². The molecule has 0 aliphatic heterocycles. The largest absolute Gasteiger partial charge is 0.300 e. The Bertz CT molecular complexity index is 363. The van der Waals surface area contributed by atoms with E-state index in [1.54, 1.807) is 6.92 Å². The van der Waals surface area contributed by atoms with Crippen LogP contribution in [-0.4, -0.2) is 11.7 Å². The Morgan fingerprint density at radius 3 is 2.35 bits per heavy atom. The van der Waals surface area contributed by atoms with Crippen molar-refractivity contribution < 1.29 is 9.59 Å². The van der Waals surface area contributed by atoms with Crippen molar-refractivity contribution in [2.45, 2.75) is 32.6 Å². The quantitative estimate of drug-likeness (QED) is 0.562. The van der Waals surface area contributed by atoms with Crippen LogP contribution in [0.3, 0.4) is 0 Å². The zero-order chi connectivity index (χ0) is 12.5. The summed E-state index contributed by atoms with van der Waals surface area (Å²) in [6.45, 7) is 1.57. The molecule has 0 aromatic heterocycles. The fourth-order valence-corrected chi connectivity index (χ4v) is 1.39. The summed E-state index contributed by atoms with van der Waals surface area (Å²) in [7, 11) is 0. The number of rotatable bonds is 7. The highest BCUT2D eigenvalue weighted by Gasteiger charge is 2.01. The van der Waals surface area contributed by atoms with E-state index >= 15 is 0 Å². The number of para-hydroxylation sites is 1. The van der Waals surface area contributed by atoms with Gasteiger partial charge in [-0.2, -0.15) is 0 Å². The molecule has 2 N–H and O–H groups in total. The van der Waals surface area contributed by atoms with Crippen LogP contribution in [0.5, 0.6) is 0 Å². The van der Waals surface area contributed by atoms with Gasteiger partial charge >= 0.3 is 0 Å². The molecule has 4 nitrogen and oxygen atoms in total. The summed E-state index contributed by atoms with van der Waals surface area (Å²) < 4.78 is 0. The second-order valence-corrected chi connectivity index (χ2v) is 3.95. The maximum atomic E-state index is 11.4. The Balaban J connectivity index is 2.11. The second kappa shape index (κ2) is 7.44. The number of ketones is 1. The highest BCUT2D eigenvalue weighted by atomic mass is 16.2. The number of hydrazine groups is 1. The summed E-state index contributed by atoms with van der Waals surface area (Å²) in [4.78, 5) is 22.1. The number of amides is 1. The summed E-state index contributed by atoms with van der Waals surface area (Å²) in [6, 6.07) is 9.43. The first-order valence-electron chi connectivity index (χ1n) is 5.78. The highest BCUT2D eigenvalue weighted by Crippen LogP contribution is 2.03. The van der Waals surface area contributed by atoms with Gasteiger partial charge in [-0.05, 0) is 31.9 Å². The fraction of sp³-hybridized carbons (Fsp3) is 0.385. The number of unbranched alkanes of at least 4 members (excludes halogenated alkanes) is 1. The van der Waals surface area contributed by atoms with Crippen LogP contribution in [0.4, 0.5) is 5.69 Å². The summed E-state index contributed by atoms with van der Waals surface area (Å²) >= 11 is 0. The van der Waals surface area contributed by atoms with Crippen LogP contribution < -0.4 is 10.9 Å². The molecule has 1 rings (SSSR count). The standard InChI is InChI=1S/C13H18N2O2/c1-11(16)7-5-6-10-13(17)15-14-12-8-3-2-4-9-12/h2-4,8-9,14H,5-7,10H2,1H3,(H,15,17). The van der Waals surface area contributed by atoms with E-state index in [9.17, 15) is 9.59 Å². The number of benzene rings is 1. The van der Waals surface area contributed by atoms with E-state index in [1.807, 2.05) is 30.3 Å². The molecule has 0 fully saturated rings. The number of anilines is 1. The molecule has 0 spiro atoms. The van der Waals surface area contributed by atoms with Gasteiger partial charge in [0.1, 0.15) is 5.78 Å². The minimum atomic E-state index is -0.0580. The number of carbonyl (C=O) groups is 2. The first-order valence-corrected chi connectivity index (χ1v) is 5.78. The molecule has 0 bridgehead atoms. The lowest BCUT2D eigenvalue weighted by molar-refractivity contribution is -0.121. The topological polar surface area (TPSA) is 58.2 Å². The van der Waals surface area contributed by atoms with E-state index in [0.29, 0.717) is 12.8 Å². The van der Waals surface area contributed by atoms with Gasteiger partial charge in [0.2, 0.25) is 5.91 Å². The van der Waals surface area contributed by atoms with Crippen molar-refractivity contribution in [3.63, 3.8) is 0 Å². The van der Waals surface area contributed by atoms with Crippen LogP contribution in [0.1, 0.15) is 32.6 Å². The van der Waals surface area contributed by atoms with Crippen LogP contribution in [0.25, 0.3) is 0 Å². The molecule has 4 heteroatoms. The van der Waals surface area contributed by atoms with Crippen LogP contribution in [0.15, 0.2) is 30.3 Å². The molecule has 0 saturated heterocycles. The number of hydrogen-bond acceptors (Lipinski definition) is 3. The molecule has 0 aliphatic carbocycles. The van der Waals surface area contributed by atoms with Gasteiger partial charge in [-0.15, -0.1) is 0 Å². The lowest BCUT2D eigenvalue weighted by Crippen LogP contribution is -2.28. The van der Waals surface area contributed by atoms with E-state index in [2.05, 4.69) is 10.9 Å². The van der Waals surface area contributed by atoms with Gasteiger partial charge in [0.05, 0.1) is 5.69 Å². The zero-order valence-corrected chi connectivity index (χ0v) is 10.0. The van der Waals surface area contributed by atoms with Gasteiger partial charge in [-0.1, -0.05) is 18.2 Å². The van der Waals surface area contributed by atoms with Crippen molar-refractivity contribution in [2.24, 2.45) is 0 Å². The molecule has 0 unspecified atom stereocenters. The summed E-state index contributed by atoms with van der Waals surface area (Å²) in [5.41, 5.74) is 6.29. The number of carbonyl (C=O) groups excluding carboxylic acids is 2. The van der Waals surface area contributed by atoms with Gasteiger partial charge in [0, 0.05) is 12.8 Å². The van der Waals surface area contributed by atoms with Crippen molar-refractivity contribution in [1.29, 1.82) is 0 Å². The van der Waals surface area contributed by atoms with Crippen molar-refractivity contribution in [3.8, 4) is 0 Å². The lowest BCUT2D eigenvalue weighted by atomic mass is 10.1. The molecule has 92 valence electrons. The fourth-order valence-electron chi connectivity index (χ4n) is 1.39. The van der Waals surface area contributed by atoms with Crippen LogP contribution in [0, 0.1) is 0 Å². The number of hydrogen-bond donors (Lipinski definition) is 2. The zero-order valence-electron chi connectivity index (χ0n) is 10.0.